The van der Waals surface area contributed by atoms with E-state index in [4.69, 9.17) is 17.3 Å². The number of nitrogens with two attached hydrogens (primary N) is 1. The Morgan fingerprint density at radius 2 is 2.25 bits per heavy atom. The summed E-state index contributed by atoms with van der Waals surface area (Å²) in [4.78, 5) is 9.29. The first-order valence-corrected chi connectivity index (χ1v) is 5.95. The van der Waals surface area contributed by atoms with Gasteiger partial charge in [0.15, 0.2) is 0 Å². The Morgan fingerprint density at radius 1 is 1.44 bits per heavy atom. The van der Waals surface area contributed by atoms with E-state index in [1.54, 1.807) is 12.3 Å². The van der Waals surface area contributed by atoms with Gasteiger partial charge in [0.1, 0.15) is 5.82 Å². The number of thiophene rings is 1. The number of hydrogen-bond donors (Lipinski definition) is 2. The minimum atomic E-state index is 0.110. The van der Waals surface area contributed by atoms with Crippen LogP contribution in [0, 0.1) is 0 Å². The molecule has 0 saturated heterocycles. The predicted molar refractivity (Wildman–Crippen MR) is 67.8 cm³/mol. The van der Waals surface area contributed by atoms with Gasteiger partial charge in [-0.25, -0.2) is 4.98 Å². The number of hydrogen-bond acceptors (Lipinski definition) is 5. The first-order chi connectivity index (χ1) is 7.65. The summed E-state index contributed by atoms with van der Waals surface area (Å²) < 4.78 is 0.775. The van der Waals surface area contributed by atoms with Gasteiger partial charge in [-0.05, 0) is 25.1 Å². The quantitative estimate of drug-likeness (QED) is 0.884. The van der Waals surface area contributed by atoms with E-state index in [1.807, 2.05) is 19.1 Å². The second-order valence-electron chi connectivity index (χ2n) is 3.31. The van der Waals surface area contributed by atoms with E-state index in [0.29, 0.717) is 11.8 Å². The molecule has 6 heteroatoms. The van der Waals surface area contributed by atoms with Crippen molar-refractivity contribution in [2.75, 3.05) is 11.1 Å². The molecule has 84 valence electrons. The highest BCUT2D eigenvalue weighted by Crippen LogP contribution is 2.28. The Balaban J connectivity index is 2.10. The van der Waals surface area contributed by atoms with Gasteiger partial charge in [-0.1, -0.05) is 11.6 Å². The number of rotatable bonds is 3. The molecule has 0 saturated carbocycles. The van der Waals surface area contributed by atoms with Crippen molar-refractivity contribution in [1.82, 2.24) is 9.97 Å². The first kappa shape index (κ1) is 11.2. The van der Waals surface area contributed by atoms with Gasteiger partial charge in [0.2, 0.25) is 5.95 Å². The van der Waals surface area contributed by atoms with Crippen LogP contribution in [0.3, 0.4) is 0 Å². The van der Waals surface area contributed by atoms with Gasteiger partial charge in [0, 0.05) is 11.1 Å². The average molecular weight is 255 g/mol. The van der Waals surface area contributed by atoms with E-state index >= 15 is 0 Å². The molecule has 1 unspecified atom stereocenters. The van der Waals surface area contributed by atoms with Crippen LogP contribution in [-0.2, 0) is 0 Å². The molecule has 0 aliphatic heterocycles. The zero-order valence-electron chi connectivity index (χ0n) is 8.64. The third-order valence-corrected chi connectivity index (χ3v) is 3.46. The molecular formula is C10H11ClN4S. The van der Waals surface area contributed by atoms with Crippen LogP contribution in [0.4, 0.5) is 11.8 Å². The molecule has 2 aromatic heterocycles. The fourth-order valence-corrected chi connectivity index (χ4v) is 2.33. The maximum atomic E-state index is 5.87. The normalized spacial score (nSPS) is 12.4. The fraction of sp³-hybridized carbons (Fsp3) is 0.200. The van der Waals surface area contributed by atoms with Crippen LogP contribution in [0.5, 0.6) is 0 Å². The molecular weight excluding hydrogens is 244 g/mol. The molecule has 0 bridgehead atoms. The lowest BCUT2D eigenvalue weighted by molar-refractivity contribution is 0.881. The van der Waals surface area contributed by atoms with Crippen molar-refractivity contribution in [2.24, 2.45) is 0 Å². The highest BCUT2D eigenvalue weighted by Gasteiger charge is 2.09. The van der Waals surface area contributed by atoms with Gasteiger partial charge >= 0.3 is 0 Å². The Labute approximate surface area is 102 Å². The van der Waals surface area contributed by atoms with Crippen LogP contribution < -0.4 is 11.1 Å². The summed E-state index contributed by atoms with van der Waals surface area (Å²) in [6.07, 6.45) is 1.62. The number of nitrogens with zero attached hydrogens (tertiary/aromatic N) is 2. The molecule has 2 aromatic rings. The summed E-state index contributed by atoms with van der Waals surface area (Å²) in [5, 5.41) is 3.16. The van der Waals surface area contributed by atoms with Gasteiger partial charge in [-0.2, -0.15) is 4.98 Å². The molecule has 3 N–H and O–H groups in total. The molecule has 16 heavy (non-hydrogen) atoms. The number of nitrogen functional groups attached to an aromatic ring is 1. The molecule has 0 amide bonds. The molecule has 0 aliphatic rings. The lowest BCUT2D eigenvalue weighted by atomic mass is 10.3. The predicted octanol–water partition coefficient (Wildman–Crippen LogP) is 2.95. The lowest BCUT2D eigenvalue weighted by Crippen LogP contribution is -2.08. The van der Waals surface area contributed by atoms with Crippen molar-refractivity contribution < 1.29 is 0 Å². The molecule has 0 fully saturated rings. The van der Waals surface area contributed by atoms with Gasteiger partial charge < -0.3 is 11.1 Å². The molecule has 0 aliphatic carbocycles. The molecule has 4 nitrogen and oxygen atoms in total. The molecule has 0 radical (unpaired) electrons. The van der Waals surface area contributed by atoms with E-state index < -0.39 is 0 Å². The number of nitrogens with one attached hydrogen (secondary N) is 1. The first-order valence-electron chi connectivity index (χ1n) is 4.75. The summed E-state index contributed by atoms with van der Waals surface area (Å²) in [7, 11) is 0. The van der Waals surface area contributed by atoms with Crippen molar-refractivity contribution in [1.29, 1.82) is 0 Å². The minimum absolute atomic E-state index is 0.110. The molecule has 1 atom stereocenters. The van der Waals surface area contributed by atoms with Gasteiger partial charge in [-0.3, -0.25) is 0 Å². The SMILES string of the molecule is CC(Nc1nccc(N)n1)c1ccc(Cl)s1. The van der Waals surface area contributed by atoms with Crippen LogP contribution in [0.2, 0.25) is 4.34 Å². The van der Waals surface area contributed by atoms with E-state index in [1.165, 1.54) is 11.3 Å². The minimum Gasteiger partial charge on any atom is -0.384 e. The zero-order chi connectivity index (χ0) is 11.5. The molecule has 0 aromatic carbocycles. The van der Waals surface area contributed by atoms with E-state index in [0.717, 1.165) is 9.21 Å². The van der Waals surface area contributed by atoms with E-state index in [-0.39, 0.29) is 6.04 Å². The maximum absolute atomic E-state index is 5.87. The summed E-state index contributed by atoms with van der Waals surface area (Å²) in [6.45, 7) is 2.02. The average Bonchev–Trinajstić information content (AvgIpc) is 2.65. The van der Waals surface area contributed by atoms with Gasteiger partial charge in [-0.15, -0.1) is 11.3 Å². The third kappa shape index (κ3) is 2.62. The highest BCUT2D eigenvalue weighted by molar-refractivity contribution is 7.16. The number of anilines is 2. The standard InChI is InChI=1S/C10H11ClN4S/c1-6(7-2-3-8(11)16-7)14-10-13-5-4-9(12)15-10/h2-6H,1H3,(H3,12,13,14,15). The fourth-order valence-electron chi connectivity index (χ4n) is 1.27. The number of halogens is 1. The van der Waals surface area contributed by atoms with Crippen molar-refractivity contribution in [3.8, 4) is 0 Å². The van der Waals surface area contributed by atoms with Crippen LogP contribution in [-0.4, -0.2) is 9.97 Å². The van der Waals surface area contributed by atoms with Crippen molar-refractivity contribution in [2.45, 2.75) is 13.0 Å². The summed E-state index contributed by atoms with van der Waals surface area (Å²) >= 11 is 7.41. The Hall–Kier alpha value is -1.33. The van der Waals surface area contributed by atoms with Crippen LogP contribution in [0.25, 0.3) is 0 Å². The van der Waals surface area contributed by atoms with E-state index in [2.05, 4.69) is 15.3 Å². The summed E-state index contributed by atoms with van der Waals surface area (Å²) in [5.41, 5.74) is 5.57. The Kier molecular flexibility index (Phi) is 3.26. The largest absolute Gasteiger partial charge is 0.384 e. The Bertz CT molecular complexity index is 485. The van der Waals surface area contributed by atoms with Gasteiger partial charge in [0.25, 0.3) is 0 Å². The van der Waals surface area contributed by atoms with Crippen LogP contribution in [0.1, 0.15) is 17.8 Å². The molecule has 2 rings (SSSR count). The number of aromatic nitrogens is 2. The lowest BCUT2D eigenvalue weighted by Gasteiger charge is -2.11. The summed E-state index contributed by atoms with van der Waals surface area (Å²) in [5.74, 6) is 0.978. The third-order valence-electron chi connectivity index (χ3n) is 2.04. The van der Waals surface area contributed by atoms with Crippen molar-refractivity contribution in [3.05, 3.63) is 33.6 Å². The smallest absolute Gasteiger partial charge is 0.225 e. The highest BCUT2D eigenvalue weighted by atomic mass is 35.5. The van der Waals surface area contributed by atoms with Crippen LogP contribution >= 0.6 is 22.9 Å². The topological polar surface area (TPSA) is 63.8 Å². The second kappa shape index (κ2) is 4.67. The maximum Gasteiger partial charge on any atom is 0.225 e. The second-order valence-corrected chi connectivity index (χ2v) is 5.06. The monoisotopic (exact) mass is 254 g/mol. The van der Waals surface area contributed by atoms with E-state index in [9.17, 15) is 0 Å². The van der Waals surface area contributed by atoms with Crippen molar-refractivity contribution >= 4 is 34.7 Å². The zero-order valence-corrected chi connectivity index (χ0v) is 10.2. The Morgan fingerprint density at radius 3 is 2.88 bits per heavy atom. The molecule has 2 heterocycles. The summed E-state index contributed by atoms with van der Waals surface area (Å²) in [6, 6.07) is 5.62. The van der Waals surface area contributed by atoms with Crippen molar-refractivity contribution in [3.63, 3.8) is 0 Å². The van der Waals surface area contributed by atoms with Gasteiger partial charge in [0.05, 0.1) is 10.4 Å². The van der Waals surface area contributed by atoms with Crippen LogP contribution in [0.15, 0.2) is 24.4 Å². The molecule has 0 spiro atoms.